The molecule has 5 rings (SSSR count). The fourth-order valence-corrected chi connectivity index (χ4v) is 7.43. The van der Waals surface area contributed by atoms with Gasteiger partial charge in [0.1, 0.15) is 40.2 Å². The molecular weight excluding hydrogens is 671 g/mol. The monoisotopic (exact) mass is 697 g/mol. The number of β-lactam (4-membered cyclic amide) rings is 1. The molecule has 0 radical (unpaired) electrons. The molecule has 240 valence electrons. The summed E-state index contributed by atoms with van der Waals surface area (Å²) in [5.41, 5.74) is 6.17. The van der Waals surface area contributed by atoms with Crippen molar-refractivity contribution in [3.63, 3.8) is 0 Å². The molecule has 3 N–H and O–H groups in total. The predicted octanol–water partition coefficient (Wildman–Crippen LogP) is 2.11. The third-order valence-corrected chi connectivity index (χ3v) is 9.96. The maximum atomic E-state index is 13.5. The van der Waals surface area contributed by atoms with Crippen LogP contribution >= 0.6 is 46.4 Å². The van der Waals surface area contributed by atoms with Crippen LogP contribution in [0.1, 0.15) is 25.5 Å². The minimum Gasteiger partial charge on any atom is -0.431 e. The second-order valence-corrected chi connectivity index (χ2v) is 13.3. The number of hydrogen-bond donors (Lipinski definition) is 2. The van der Waals surface area contributed by atoms with Crippen molar-refractivity contribution in [2.24, 2.45) is 5.16 Å². The number of ether oxygens (including phenoxy) is 4. The van der Waals surface area contributed by atoms with Gasteiger partial charge in [-0.15, -0.1) is 28.2 Å². The molecular formula is C25H27N7O9S4. The Morgan fingerprint density at radius 1 is 1.29 bits per heavy atom. The largest absolute Gasteiger partial charge is 0.511 e. The normalized spacial score (nSPS) is 21.2. The molecule has 0 spiro atoms. The number of carbonyl (C=O) groups excluding carboxylic acids is 4. The third-order valence-electron chi connectivity index (χ3n) is 6.40. The third kappa shape index (κ3) is 7.93. The molecule has 2 aromatic heterocycles. The molecule has 0 bridgehead atoms. The fourth-order valence-electron chi connectivity index (χ4n) is 4.38. The Bertz CT molecular complexity index is 1510. The maximum absolute atomic E-state index is 13.5. The van der Waals surface area contributed by atoms with Crippen LogP contribution in [0.2, 0.25) is 0 Å². The van der Waals surface area contributed by atoms with Gasteiger partial charge in [-0.1, -0.05) is 21.4 Å². The zero-order valence-electron chi connectivity index (χ0n) is 23.8. The number of carbonyl (C=O) groups is 4. The minimum atomic E-state index is -1.32. The lowest BCUT2D eigenvalue weighted by atomic mass is 10.0. The highest BCUT2D eigenvalue weighted by Gasteiger charge is 2.54. The molecule has 2 saturated heterocycles. The first-order valence-corrected chi connectivity index (χ1v) is 16.9. The quantitative estimate of drug-likeness (QED) is 0.0861. The zero-order valence-corrected chi connectivity index (χ0v) is 27.0. The number of fused-ring (bicyclic) bond motifs is 1. The Morgan fingerprint density at radius 2 is 2.09 bits per heavy atom. The van der Waals surface area contributed by atoms with E-state index in [1.165, 1.54) is 59.4 Å². The van der Waals surface area contributed by atoms with E-state index in [4.69, 9.17) is 29.5 Å². The number of hydrogen-bond acceptors (Lipinski definition) is 18. The van der Waals surface area contributed by atoms with Gasteiger partial charge in [0.25, 0.3) is 11.8 Å². The van der Waals surface area contributed by atoms with Crippen LogP contribution in [0.5, 0.6) is 0 Å². The Morgan fingerprint density at radius 3 is 2.78 bits per heavy atom. The van der Waals surface area contributed by atoms with Crippen LogP contribution < -0.4 is 11.1 Å². The van der Waals surface area contributed by atoms with Gasteiger partial charge >= 0.3 is 12.1 Å². The number of aromatic nitrogens is 3. The number of amides is 2. The lowest BCUT2D eigenvalue weighted by Crippen LogP contribution is -2.71. The molecule has 5 heterocycles. The van der Waals surface area contributed by atoms with Gasteiger partial charge in [0.15, 0.2) is 10.8 Å². The van der Waals surface area contributed by atoms with E-state index in [1.54, 1.807) is 17.7 Å². The Balaban J connectivity index is 1.30. The average Bonchev–Trinajstić information content (AvgIpc) is 3.70. The van der Waals surface area contributed by atoms with Crippen molar-refractivity contribution in [1.82, 2.24) is 24.8 Å². The standard InChI is InChI=1S/C25H27N7O9S4/c1-12(40-25(36)41-14-3-6-38-7-4-14)39-23(35)19-13(5-8-42-16-9-27-31-45-16)10-43-22-18(21(34)32(19)22)29-20(33)17(30-37-2)15-11-44-24(26)28-15/h5,8-9,11-12,14,18,22H,3-4,6-7,10H2,1-2H3,(H2,26,28)(H,29,33)/b8-5+,30-17?/t12?,18-,22-/m1/s1. The summed E-state index contributed by atoms with van der Waals surface area (Å²) in [7, 11) is 1.27. The van der Waals surface area contributed by atoms with E-state index in [2.05, 4.69) is 25.0 Å². The van der Waals surface area contributed by atoms with E-state index in [-0.39, 0.29) is 28.3 Å². The number of thioether (sulfide) groups is 2. The Kier molecular flexibility index (Phi) is 10.9. The molecule has 3 aliphatic heterocycles. The molecule has 2 fully saturated rings. The smallest absolute Gasteiger partial charge is 0.431 e. The number of thiazole rings is 1. The number of rotatable bonds is 11. The summed E-state index contributed by atoms with van der Waals surface area (Å²) in [4.78, 5) is 62.5. The molecule has 2 aromatic rings. The van der Waals surface area contributed by atoms with Gasteiger partial charge in [-0.2, -0.15) is 0 Å². The molecule has 3 aliphatic rings. The van der Waals surface area contributed by atoms with Crippen molar-refractivity contribution in [2.45, 2.75) is 47.8 Å². The summed E-state index contributed by atoms with van der Waals surface area (Å²) in [5, 5.41) is 13.1. The van der Waals surface area contributed by atoms with Gasteiger partial charge < -0.3 is 34.8 Å². The number of esters is 1. The van der Waals surface area contributed by atoms with Crippen LogP contribution in [-0.2, 0) is 38.2 Å². The highest BCUT2D eigenvalue weighted by atomic mass is 32.2. The first-order valence-electron chi connectivity index (χ1n) is 13.3. The first-order chi connectivity index (χ1) is 21.7. The van der Waals surface area contributed by atoms with Gasteiger partial charge in [0, 0.05) is 30.9 Å². The summed E-state index contributed by atoms with van der Waals surface area (Å²) in [6, 6.07) is -0.991. The van der Waals surface area contributed by atoms with Crippen LogP contribution in [0, 0.1) is 0 Å². The van der Waals surface area contributed by atoms with Crippen molar-refractivity contribution in [3.05, 3.63) is 40.0 Å². The molecule has 45 heavy (non-hydrogen) atoms. The molecule has 1 unspecified atom stereocenters. The van der Waals surface area contributed by atoms with E-state index in [0.717, 1.165) is 15.5 Å². The van der Waals surface area contributed by atoms with Crippen LogP contribution in [-0.4, -0.2) is 99.0 Å². The number of nitrogens with zero attached hydrogens (tertiary/aromatic N) is 5. The SMILES string of the molecule is CON=C(C(=O)N[C@@H]1C(=O)N2C(C(=O)OC(C)OC(=O)OC3CCOCC3)=C(/C=C/Sc3cnns3)CS[C@H]12)c1csc(N)n1. The van der Waals surface area contributed by atoms with Gasteiger partial charge in [-0.3, -0.25) is 14.5 Å². The van der Waals surface area contributed by atoms with Crippen LogP contribution in [0.15, 0.2) is 43.7 Å². The Labute approximate surface area is 272 Å². The van der Waals surface area contributed by atoms with E-state index >= 15 is 0 Å². The number of oxime groups is 1. The lowest BCUT2D eigenvalue weighted by Gasteiger charge is -2.49. The Hall–Kier alpha value is -3.72. The molecule has 16 nitrogen and oxygen atoms in total. The highest BCUT2D eigenvalue weighted by Crippen LogP contribution is 2.41. The number of nitrogen functional groups attached to an aromatic ring is 1. The zero-order chi connectivity index (χ0) is 31.9. The summed E-state index contributed by atoms with van der Waals surface area (Å²) in [6.45, 7) is 2.30. The average molecular weight is 698 g/mol. The van der Waals surface area contributed by atoms with Crippen molar-refractivity contribution >= 4 is 81.2 Å². The number of nitrogens with one attached hydrogen (secondary N) is 1. The van der Waals surface area contributed by atoms with E-state index < -0.39 is 41.6 Å². The predicted molar refractivity (Wildman–Crippen MR) is 164 cm³/mol. The number of anilines is 1. The van der Waals surface area contributed by atoms with Gasteiger partial charge in [-0.05, 0) is 28.6 Å². The highest BCUT2D eigenvalue weighted by molar-refractivity contribution is 8.03. The van der Waals surface area contributed by atoms with E-state index in [0.29, 0.717) is 37.4 Å². The molecule has 0 saturated carbocycles. The minimum absolute atomic E-state index is 0.0418. The second-order valence-electron chi connectivity index (χ2n) is 9.36. The molecule has 3 atom stereocenters. The van der Waals surface area contributed by atoms with Gasteiger partial charge in [0.05, 0.1) is 19.4 Å². The van der Waals surface area contributed by atoms with Crippen molar-refractivity contribution < 1.29 is 43.0 Å². The van der Waals surface area contributed by atoms with Crippen LogP contribution in [0.4, 0.5) is 9.93 Å². The van der Waals surface area contributed by atoms with Crippen molar-refractivity contribution in [2.75, 3.05) is 31.8 Å². The first kappa shape index (κ1) is 32.7. The summed E-state index contributed by atoms with van der Waals surface area (Å²) >= 11 is 4.99. The maximum Gasteiger partial charge on any atom is 0.511 e. The summed E-state index contributed by atoms with van der Waals surface area (Å²) in [5.74, 6) is -1.86. The molecule has 20 heteroatoms. The van der Waals surface area contributed by atoms with Crippen LogP contribution in [0.3, 0.4) is 0 Å². The van der Waals surface area contributed by atoms with Crippen LogP contribution in [0.25, 0.3) is 0 Å². The second kappa shape index (κ2) is 15.0. The number of allylic oxidation sites excluding steroid dienone is 1. The van der Waals surface area contributed by atoms with E-state index in [9.17, 15) is 19.2 Å². The van der Waals surface area contributed by atoms with Gasteiger partial charge in [0.2, 0.25) is 6.29 Å². The number of nitrogens with two attached hydrogens (primary N) is 1. The molecule has 0 aliphatic carbocycles. The van der Waals surface area contributed by atoms with E-state index in [1.807, 2.05) is 0 Å². The molecule has 0 aromatic carbocycles. The van der Waals surface area contributed by atoms with Gasteiger partial charge in [-0.25, -0.2) is 14.6 Å². The summed E-state index contributed by atoms with van der Waals surface area (Å²) in [6.07, 6.45) is 1.69. The van der Waals surface area contributed by atoms with Crippen molar-refractivity contribution in [3.8, 4) is 0 Å². The summed E-state index contributed by atoms with van der Waals surface area (Å²) < 4.78 is 25.7. The van der Waals surface area contributed by atoms with Crippen molar-refractivity contribution in [1.29, 1.82) is 0 Å². The lowest BCUT2D eigenvalue weighted by molar-refractivity contribution is -0.170. The molecule has 2 amide bonds. The topological polar surface area (TPSA) is 207 Å². The fraction of sp³-hybridized carbons (Fsp3) is 0.440.